The van der Waals surface area contributed by atoms with Gasteiger partial charge in [0.15, 0.2) is 5.82 Å². The molecule has 256 valence electrons. The normalized spacial score (nSPS) is 11.4. The molecule has 8 aromatic rings. The van der Waals surface area contributed by atoms with Crippen molar-refractivity contribution < 1.29 is 0 Å². The van der Waals surface area contributed by atoms with Crippen molar-refractivity contribution in [2.24, 2.45) is 0 Å². The van der Waals surface area contributed by atoms with Crippen molar-refractivity contribution in [2.45, 2.75) is 0 Å². The van der Waals surface area contributed by atoms with Crippen LogP contribution in [0.2, 0.25) is 0 Å². The molecule has 8 rings (SSSR count). The van der Waals surface area contributed by atoms with Crippen molar-refractivity contribution in [3.05, 3.63) is 201 Å². The highest BCUT2D eigenvalue weighted by molar-refractivity contribution is 6.03. The number of hydrogen-bond donors (Lipinski definition) is 0. The predicted octanol–water partition coefficient (Wildman–Crippen LogP) is 12.9. The molecule has 4 heteroatoms. The van der Waals surface area contributed by atoms with Crippen molar-refractivity contribution in [3.63, 3.8) is 0 Å². The lowest BCUT2D eigenvalue weighted by Gasteiger charge is -2.16. The first-order chi connectivity index (χ1) is 26.6. The van der Waals surface area contributed by atoms with E-state index in [4.69, 9.17) is 15.0 Å². The lowest BCUT2D eigenvalue weighted by atomic mass is 9.92. The Labute approximate surface area is 315 Å². The predicted molar refractivity (Wildman–Crippen MR) is 228 cm³/mol. The van der Waals surface area contributed by atoms with Crippen LogP contribution in [-0.2, 0) is 0 Å². The summed E-state index contributed by atoms with van der Waals surface area (Å²) in [6, 6.07) is 45.7. The van der Waals surface area contributed by atoms with Crippen LogP contribution in [0, 0.1) is 0 Å². The van der Waals surface area contributed by atoms with Crippen molar-refractivity contribution in [1.82, 2.24) is 19.9 Å². The SMILES string of the molecule is C=C/C=C(\C=C)c1ccc(-c2cc(-c3ccc(-c4ccccc4)cc3)nc(-c3ccc(-c4ccc5ccc6cccnc6c5n4)c(C=C)c3C=C)n2)cc1. The van der Waals surface area contributed by atoms with Crippen LogP contribution in [0.3, 0.4) is 0 Å². The van der Waals surface area contributed by atoms with Crippen LogP contribution in [0.15, 0.2) is 184 Å². The first kappa shape index (κ1) is 33.8. The number of rotatable bonds is 10. The molecule has 0 saturated heterocycles. The van der Waals surface area contributed by atoms with E-state index < -0.39 is 0 Å². The monoisotopic (exact) mass is 692 g/mol. The van der Waals surface area contributed by atoms with E-state index in [2.05, 4.69) is 147 Å². The molecule has 5 aromatic carbocycles. The molecule has 0 unspecified atom stereocenters. The lowest BCUT2D eigenvalue weighted by molar-refractivity contribution is 1.18. The summed E-state index contributed by atoms with van der Waals surface area (Å²) in [7, 11) is 0. The zero-order chi connectivity index (χ0) is 37.0. The Morgan fingerprint density at radius 1 is 0.481 bits per heavy atom. The third-order valence-corrected chi connectivity index (χ3v) is 9.69. The average Bonchev–Trinajstić information content (AvgIpc) is 3.25. The van der Waals surface area contributed by atoms with Gasteiger partial charge in [0.25, 0.3) is 0 Å². The zero-order valence-corrected chi connectivity index (χ0v) is 29.8. The molecule has 0 fully saturated rings. The second-order valence-corrected chi connectivity index (χ2v) is 12.8. The van der Waals surface area contributed by atoms with Crippen LogP contribution >= 0.6 is 0 Å². The van der Waals surface area contributed by atoms with Gasteiger partial charge < -0.3 is 0 Å². The van der Waals surface area contributed by atoms with E-state index in [1.54, 1.807) is 6.08 Å². The molecule has 0 saturated carbocycles. The average molecular weight is 693 g/mol. The maximum Gasteiger partial charge on any atom is 0.161 e. The molecule has 0 spiro atoms. The Kier molecular flexibility index (Phi) is 9.23. The van der Waals surface area contributed by atoms with Gasteiger partial charge in [0.1, 0.15) is 0 Å². The number of allylic oxidation sites excluding steroid dienone is 4. The maximum absolute atomic E-state index is 5.20. The highest BCUT2D eigenvalue weighted by Gasteiger charge is 2.18. The molecule has 0 aliphatic heterocycles. The molecule has 4 nitrogen and oxygen atoms in total. The highest BCUT2D eigenvalue weighted by atomic mass is 14.9. The van der Waals surface area contributed by atoms with Crippen LogP contribution in [0.25, 0.3) is 95.8 Å². The molecule has 0 amide bonds. The molecular weight excluding hydrogens is 657 g/mol. The number of hydrogen-bond acceptors (Lipinski definition) is 4. The van der Waals surface area contributed by atoms with Crippen molar-refractivity contribution >= 4 is 39.5 Å². The summed E-state index contributed by atoms with van der Waals surface area (Å²) in [6.07, 6.45) is 11.1. The van der Waals surface area contributed by atoms with E-state index >= 15 is 0 Å². The summed E-state index contributed by atoms with van der Waals surface area (Å²) < 4.78 is 0. The molecule has 3 heterocycles. The fourth-order valence-electron chi connectivity index (χ4n) is 6.94. The minimum Gasteiger partial charge on any atom is -0.254 e. The van der Waals surface area contributed by atoms with Crippen molar-refractivity contribution in [3.8, 4) is 56.3 Å². The number of nitrogens with zero attached hydrogens (tertiary/aromatic N) is 4. The Morgan fingerprint density at radius 3 is 1.74 bits per heavy atom. The van der Waals surface area contributed by atoms with E-state index in [9.17, 15) is 0 Å². The third kappa shape index (κ3) is 6.38. The molecule has 54 heavy (non-hydrogen) atoms. The van der Waals surface area contributed by atoms with Gasteiger partial charge in [0, 0.05) is 39.2 Å². The second-order valence-electron chi connectivity index (χ2n) is 12.8. The first-order valence-corrected chi connectivity index (χ1v) is 17.8. The van der Waals surface area contributed by atoms with Gasteiger partial charge in [-0.05, 0) is 57.7 Å². The van der Waals surface area contributed by atoms with Gasteiger partial charge in [-0.15, -0.1) is 0 Å². The van der Waals surface area contributed by atoms with E-state index in [1.807, 2.05) is 48.7 Å². The molecule has 3 aromatic heterocycles. The number of benzene rings is 5. The minimum absolute atomic E-state index is 0.586. The van der Waals surface area contributed by atoms with Crippen molar-refractivity contribution in [2.75, 3.05) is 0 Å². The Balaban J connectivity index is 1.27. The van der Waals surface area contributed by atoms with Gasteiger partial charge >= 0.3 is 0 Å². The smallest absolute Gasteiger partial charge is 0.161 e. The standard InChI is InChI=1S/C50H36N4/c1-5-13-33(6-2)35-17-21-37(22-18-35)46-32-47(38-23-19-36(20-24-38)34-14-10-9-11-15-34)54-50(53-46)44-29-28-43(41(7-3)42(44)8-4)45-30-27-40-26-25-39-16-12-31-51-48(39)49(40)52-45/h5-32H,1-4H2/b33-13+. The Morgan fingerprint density at radius 2 is 1.07 bits per heavy atom. The molecular formula is C50H36N4. The fraction of sp³-hybridized carbons (Fsp3) is 0. The summed E-state index contributed by atoms with van der Waals surface area (Å²) in [4.78, 5) is 20.2. The maximum atomic E-state index is 5.20. The van der Waals surface area contributed by atoms with E-state index in [-0.39, 0.29) is 0 Å². The summed E-state index contributed by atoms with van der Waals surface area (Å²) in [5.74, 6) is 0.586. The van der Waals surface area contributed by atoms with Gasteiger partial charge in [-0.2, -0.15) is 0 Å². The fourth-order valence-corrected chi connectivity index (χ4v) is 6.94. The lowest BCUT2D eigenvalue weighted by Crippen LogP contribution is -2.00. The van der Waals surface area contributed by atoms with Crippen LogP contribution in [0.4, 0.5) is 0 Å². The van der Waals surface area contributed by atoms with Crippen molar-refractivity contribution in [1.29, 1.82) is 0 Å². The molecule has 0 atom stereocenters. The topological polar surface area (TPSA) is 51.6 Å². The van der Waals surface area contributed by atoms with E-state index in [0.717, 1.165) is 94.5 Å². The van der Waals surface area contributed by atoms with Gasteiger partial charge in [0.2, 0.25) is 0 Å². The quantitative estimate of drug-likeness (QED) is 0.106. The summed E-state index contributed by atoms with van der Waals surface area (Å²) in [5, 5.41) is 2.08. The number of fused-ring (bicyclic) bond motifs is 3. The van der Waals surface area contributed by atoms with E-state index in [1.165, 1.54) is 0 Å². The minimum atomic E-state index is 0.586. The second kappa shape index (κ2) is 14.7. The Bertz CT molecular complexity index is 2760. The van der Waals surface area contributed by atoms with E-state index in [0.29, 0.717) is 5.82 Å². The molecule has 0 aliphatic rings. The highest BCUT2D eigenvalue weighted by Crippen LogP contribution is 2.37. The Hall–Kier alpha value is -7.30. The van der Waals surface area contributed by atoms with Crippen LogP contribution in [0.5, 0.6) is 0 Å². The van der Waals surface area contributed by atoms with Crippen LogP contribution < -0.4 is 0 Å². The third-order valence-electron chi connectivity index (χ3n) is 9.69. The van der Waals surface area contributed by atoms with Gasteiger partial charge in [-0.3, -0.25) is 4.98 Å². The molecule has 0 radical (unpaired) electrons. The van der Waals surface area contributed by atoms with Gasteiger partial charge in [-0.1, -0.05) is 166 Å². The molecule has 0 aliphatic carbocycles. The first-order valence-electron chi connectivity index (χ1n) is 17.8. The van der Waals surface area contributed by atoms with Crippen LogP contribution in [-0.4, -0.2) is 19.9 Å². The number of aromatic nitrogens is 4. The summed E-state index contributed by atoms with van der Waals surface area (Å²) >= 11 is 0. The van der Waals surface area contributed by atoms with Gasteiger partial charge in [0.05, 0.1) is 28.1 Å². The summed E-state index contributed by atoms with van der Waals surface area (Å²) in [6.45, 7) is 16.3. The van der Waals surface area contributed by atoms with Gasteiger partial charge in [-0.25, -0.2) is 15.0 Å². The zero-order valence-electron chi connectivity index (χ0n) is 29.8. The largest absolute Gasteiger partial charge is 0.254 e. The number of pyridine rings is 2. The molecule has 0 N–H and O–H groups in total. The summed E-state index contributed by atoms with van der Waals surface area (Å²) in [5.41, 5.74) is 14.0. The van der Waals surface area contributed by atoms with Crippen LogP contribution in [0.1, 0.15) is 16.7 Å². The molecule has 0 bridgehead atoms.